The summed E-state index contributed by atoms with van der Waals surface area (Å²) < 4.78 is 12.8. The summed E-state index contributed by atoms with van der Waals surface area (Å²) in [6, 6.07) is 4.50. The van der Waals surface area contributed by atoms with Crippen LogP contribution >= 0.6 is 0 Å². The van der Waals surface area contributed by atoms with E-state index >= 15 is 0 Å². The van der Waals surface area contributed by atoms with Crippen LogP contribution in [0.1, 0.15) is 17.5 Å². The van der Waals surface area contributed by atoms with Gasteiger partial charge in [0.2, 0.25) is 0 Å². The van der Waals surface area contributed by atoms with Gasteiger partial charge in [0.05, 0.1) is 0 Å². The number of benzene rings is 1. The Hall–Kier alpha value is -1.55. The third-order valence-electron chi connectivity index (χ3n) is 1.84. The zero-order valence-corrected chi connectivity index (χ0v) is 7.39. The Kier molecular flexibility index (Phi) is 3.28. The summed E-state index contributed by atoms with van der Waals surface area (Å²) in [5.74, 6) is 2.29. The van der Waals surface area contributed by atoms with Gasteiger partial charge in [-0.15, -0.1) is 13.0 Å². The van der Waals surface area contributed by atoms with E-state index in [0.717, 1.165) is 24.0 Å². The normalized spacial score (nSPS) is 9.23. The number of aryl methyl sites for hydroxylation is 1. The van der Waals surface area contributed by atoms with Crippen LogP contribution in [-0.4, -0.2) is 0 Å². The van der Waals surface area contributed by atoms with Crippen molar-refractivity contribution in [3.63, 3.8) is 0 Å². The Balaban J connectivity index is 2.95. The van der Waals surface area contributed by atoms with Crippen molar-refractivity contribution in [2.24, 2.45) is 0 Å². The molecule has 0 bridgehead atoms. The van der Waals surface area contributed by atoms with Crippen LogP contribution in [-0.2, 0) is 6.42 Å². The number of rotatable bonds is 3. The first-order valence-corrected chi connectivity index (χ1v) is 4.14. The summed E-state index contributed by atoms with van der Waals surface area (Å²) in [5.41, 5.74) is 1.64. The van der Waals surface area contributed by atoms with E-state index in [2.05, 4.69) is 12.5 Å². The first-order chi connectivity index (χ1) is 6.27. The van der Waals surface area contributed by atoms with Crippen molar-refractivity contribution < 1.29 is 4.39 Å². The van der Waals surface area contributed by atoms with E-state index in [1.807, 2.05) is 0 Å². The number of hydrogen-bond donors (Lipinski definition) is 0. The minimum atomic E-state index is -0.238. The van der Waals surface area contributed by atoms with Crippen LogP contribution in [0.15, 0.2) is 30.9 Å². The van der Waals surface area contributed by atoms with E-state index in [1.54, 1.807) is 12.1 Å². The summed E-state index contributed by atoms with van der Waals surface area (Å²) >= 11 is 0. The zero-order valence-electron chi connectivity index (χ0n) is 7.39. The molecule has 0 spiro atoms. The van der Waals surface area contributed by atoms with E-state index in [-0.39, 0.29) is 5.82 Å². The molecular formula is C12H11F. The average Bonchev–Trinajstić information content (AvgIpc) is 2.15. The minimum Gasteiger partial charge on any atom is -0.207 e. The molecule has 0 atom stereocenters. The van der Waals surface area contributed by atoms with Crippen LogP contribution in [0.2, 0.25) is 0 Å². The predicted octanol–water partition coefficient (Wildman–Crippen LogP) is 2.93. The highest BCUT2D eigenvalue weighted by Gasteiger charge is 2.00. The highest BCUT2D eigenvalue weighted by Crippen LogP contribution is 2.12. The molecule has 1 aromatic carbocycles. The van der Waals surface area contributed by atoms with Crippen LogP contribution in [0.4, 0.5) is 4.39 Å². The van der Waals surface area contributed by atoms with Crippen molar-refractivity contribution in [3.8, 4) is 12.3 Å². The quantitative estimate of drug-likeness (QED) is 0.488. The van der Waals surface area contributed by atoms with Gasteiger partial charge in [0.15, 0.2) is 0 Å². The molecule has 66 valence electrons. The van der Waals surface area contributed by atoms with Crippen LogP contribution < -0.4 is 0 Å². The van der Waals surface area contributed by atoms with Gasteiger partial charge in [-0.25, -0.2) is 4.39 Å². The Morgan fingerprint density at radius 1 is 1.54 bits per heavy atom. The maximum atomic E-state index is 12.8. The highest BCUT2D eigenvalue weighted by molar-refractivity contribution is 5.40. The van der Waals surface area contributed by atoms with E-state index in [4.69, 9.17) is 6.42 Å². The van der Waals surface area contributed by atoms with Crippen LogP contribution in [0.25, 0.3) is 0 Å². The lowest BCUT2D eigenvalue weighted by Crippen LogP contribution is -1.90. The fraction of sp³-hybridized carbons (Fsp3) is 0.167. The van der Waals surface area contributed by atoms with Gasteiger partial charge in [0.25, 0.3) is 0 Å². The fourth-order valence-electron chi connectivity index (χ4n) is 1.17. The SMILES string of the molecule is C#Cc1ccc(F)cc1CCC=C. The van der Waals surface area contributed by atoms with Gasteiger partial charge in [0, 0.05) is 5.56 Å². The molecular weight excluding hydrogens is 163 g/mol. The summed E-state index contributed by atoms with van der Waals surface area (Å²) in [6.07, 6.45) is 8.64. The second-order valence-electron chi connectivity index (χ2n) is 2.77. The molecule has 0 nitrogen and oxygen atoms in total. The highest BCUT2D eigenvalue weighted by atomic mass is 19.1. The molecule has 0 aliphatic carbocycles. The second kappa shape index (κ2) is 4.47. The molecule has 0 aromatic heterocycles. The first kappa shape index (κ1) is 9.54. The number of allylic oxidation sites excluding steroid dienone is 1. The topological polar surface area (TPSA) is 0 Å². The smallest absolute Gasteiger partial charge is 0.123 e. The standard InChI is InChI=1S/C12H11F/c1-3-5-6-11-9-12(13)8-7-10(11)4-2/h2-3,7-9H,1,5-6H2. The lowest BCUT2D eigenvalue weighted by molar-refractivity contribution is 0.625. The second-order valence-corrected chi connectivity index (χ2v) is 2.77. The molecule has 0 saturated heterocycles. The molecule has 0 unspecified atom stereocenters. The largest absolute Gasteiger partial charge is 0.207 e. The molecule has 13 heavy (non-hydrogen) atoms. The van der Waals surface area contributed by atoms with Gasteiger partial charge in [-0.2, -0.15) is 0 Å². The van der Waals surface area contributed by atoms with E-state index < -0.39 is 0 Å². The number of terminal acetylenes is 1. The lowest BCUT2D eigenvalue weighted by Gasteiger charge is -2.02. The fourth-order valence-corrected chi connectivity index (χ4v) is 1.17. The Bertz CT molecular complexity index is 345. The van der Waals surface area contributed by atoms with Gasteiger partial charge in [-0.3, -0.25) is 0 Å². The van der Waals surface area contributed by atoms with Crippen molar-refractivity contribution in [2.75, 3.05) is 0 Å². The molecule has 1 aromatic rings. The Morgan fingerprint density at radius 3 is 2.92 bits per heavy atom. The molecule has 0 radical (unpaired) electrons. The van der Waals surface area contributed by atoms with Gasteiger partial charge in [-0.1, -0.05) is 12.0 Å². The summed E-state index contributed by atoms with van der Waals surface area (Å²) in [7, 11) is 0. The van der Waals surface area contributed by atoms with E-state index in [1.165, 1.54) is 12.1 Å². The monoisotopic (exact) mass is 174 g/mol. The number of hydrogen-bond acceptors (Lipinski definition) is 0. The van der Waals surface area contributed by atoms with Crippen LogP contribution in [0.5, 0.6) is 0 Å². The van der Waals surface area contributed by atoms with Crippen molar-refractivity contribution >= 4 is 0 Å². The van der Waals surface area contributed by atoms with Crippen LogP contribution in [0.3, 0.4) is 0 Å². The third kappa shape index (κ3) is 2.45. The molecule has 0 amide bonds. The molecule has 0 N–H and O–H groups in total. The summed E-state index contributed by atoms with van der Waals surface area (Å²) in [5, 5.41) is 0. The molecule has 0 heterocycles. The van der Waals surface area contributed by atoms with Crippen LogP contribution in [0, 0.1) is 18.2 Å². The first-order valence-electron chi connectivity index (χ1n) is 4.14. The van der Waals surface area contributed by atoms with Crippen molar-refractivity contribution in [2.45, 2.75) is 12.8 Å². The molecule has 1 heteroatoms. The van der Waals surface area contributed by atoms with Crippen molar-refractivity contribution in [3.05, 3.63) is 47.8 Å². The number of halogens is 1. The summed E-state index contributed by atoms with van der Waals surface area (Å²) in [6.45, 7) is 3.61. The van der Waals surface area contributed by atoms with Crippen molar-refractivity contribution in [1.29, 1.82) is 0 Å². The molecule has 0 aliphatic rings. The molecule has 0 saturated carbocycles. The molecule has 1 rings (SSSR count). The van der Waals surface area contributed by atoms with E-state index in [0.29, 0.717) is 0 Å². The third-order valence-corrected chi connectivity index (χ3v) is 1.84. The van der Waals surface area contributed by atoms with Crippen molar-refractivity contribution in [1.82, 2.24) is 0 Å². The molecule has 0 fully saturated rings. The van der Waals surface area contributed by atoms with Gasteiger partial charge in [-0.05, 0) is 36.6 Å². The average molecular weight is 174 g/mol. The molecule has 0 aliphatic heterocycles. The summed E-state index contributed by atoms with van der Waals surface area (Å²) in [4.78, 5) is 0. The predicted molar refractivity (Wildman–Crippen MR) is 52.9 cm³/mol. The minimum absolute atomic E-state index is 0.238. The Labute approximate surface area is 78.1 Å². The lowest BCUT2D eigenvalue weighted by atomic mass is 10.0. The zero-order chi connectivity index (χ0) is 9.68. The van der Waals surface area contributed by atoms with Gasteiger partial charge < -0.3 is 0 Å². The maximum absolute atomic E-state index is 12.8. The maximum Gasteiger partial charge on any atom is 0.123 e. The van der Waals surface area contributed by atoms with Gasteiger partial charge >= 0.3 is 0 Å². The Morgan fingerprint density at radius 2 is 2.31 bits per heavy atom. The van der Waals surface area contributed by atoms with Gasteiger partial charge in [0.1, 0.15) is 5.82 Å². The van der Waals surface area contributed by atoms with E-state index in [9.17, 15) is 4.39 Å².